The summed E-state index contributed by atoms with van der Waals surface area (Å²) in [6.07, 6.45) is 2.73. The molecule has 2 rings (SSSR count). The molecular formula is C13H16N2O4S. The Kier molecular flexibility index (Phi) is 3.33. The number of fused-ring (bicyclic) bond motifs is 1. The fourth-order valence-corrected chi connectivity index (χ4v) is 2.22. The third kappa shape index (κ3) is 2.53. The largest absolute Gasteiger partial charge is 0.478 e. The molecule has 0 aliphatic rings. The molecule has 0 saturated heterocycles. The predicted octanol–water partition coefficient (Wildman–Crippen LogP) is 1.56. The summed E-state index contributed by atoms with van der Waals surface area (Å²) in [6.45, 7) is 3.56. The minimum atomic E-state index is -3.21. The molecule has 0 spiro atoms. The van der Waals surface area contributed by atoms with Crippen LogP contribution in [0.25, 0.3) is 11.0 Å². The van der Waals surface area contributed by atoms with Crippen molar-refractivity contribution >= 4 is 26.8 Å². The SMILES string of the molecule is CC(C)(Cn1cnc2cc(C(=O)O)ccc21)S(C)(=O)=O. The van der Waals surface area contributed by atoms with E-state index in [4.69, 9.17) is 5.11 Å². The molecule has 2 aromatic rings. The van der Waals surface area contributed by atoms with Crippen molar-refractivity contribution in [2.45, 2.75) is 25.1 Å². The molecule has 1 N–H and O–H groups in total. The number of rotatable bonds is 4. The monoisotopic (exact) mass is 296 g/mol. The second-order valence-corrected chi connectivity index (χ2v) is 8.06. The Morgan fingerprint density at radius 3 is 2.60 bits per heavy atom. The number of aromatic carboxylic acids is 1. The van der Waals surface area contributed by atoms with Crippen molar-refractivity contribution in [1.29, 1.82) is 0 Å². The first-order valence-electron chi connectivity index (χ1n) is 5.99. The molecule has 0 amide bonds. The maximum atomic E-state index is 11.7. The van der Waals surface area contributed by atoms with Gasteiger partial charge in [-0.2, -0.15) is 0 Å². The molecule has 1 heterocycles. The zero-order valence-electron chi connectivity index (χ0n) is 11.5. The van der Waals surface area contributed by atoms with E-state index in [2.05, 4.69) is 4.98 Å². The highest BCUT2D eigenvalue weighted by atomic mass is 32.2. The number of imidazole rings is 1. The number of hydrogen-bond donors (Lipinski definition) is 1. The molecule has 1 aromatic carbocycles. The third-order valence-corrected chi connectivity index (χ3v) is 5.56. The second kappa shape index (κ2) is 4.59. The van der Waals surface area contributed by atoms with Crippen LogP contribution in [0, 0.1) is 0 Å². The van der Waals surface area contributed by atoms with Gasteiger partial charge in [-0.15, -0.1) is 0 Å². The number of sulfone groups is 1. The summed E-state index contributed by atoms with van der Waals surface area (Å²) in [6, 6.07) is 4.60. The van der Waals surface area contributed by atoms with Gasteiger partial charge in [0, 0.05) is 12.8 Å². The van der Waals surface area contributed by atoms with Crippen molar-refractivity contribution in [2.75, 3.05) is 6.26 Å². The van der Waals surface area contributed by atoms with Gasteiger partial charge in [0.2, 0.25) is 0 Å². The Labute approximate surface area is 117 Å². The van der Waals surface area contributed by atoms with Crippen LogP contribution < -0.4 is 0 Å². The third-order valence-electron chi connectivity index (χ3n) is 3.42. The zero-order valence-corrected chi connectivity index (χ0v) is 12.3. The van der Waals surface area contributed by atoms with Crippen LogP contribution in [-0.4, -0.2) is 40.0 Å². The van der Waals surface area contributed by atoms with E-state index in [1.807, 2.05) is 0 Å². The summed E-state index contributed by atoms with van der Waals surface area (Å²) in [4.78, 5) is 15.0. The summed E-state index contributed by atoms with van der Waals surface area (Å²) in [5.41, 5.74) is 1.41. The Morgan fingerprint density at radius 2 is 2.05 bits per heavy atom. The maximum Gasteiger partial charge on any atom is 0.335 e. The van der Waals surface area contributed by atoms with Gasteiger partial charge in [-0.05, 0) is 32.0 Å². The second-order valence-electron chi connectivity index (χ2n) is 5.41. The number of benzene rings is 1. The fraction of sp³-hybridized carbons (Fsp3) is 0.385. The van der Waals surface area contributed by atoms with E-state index < -0.39 is 20.6 Å². The number of aromatic nitrogens is 2. The van der Waals surface area contributed by atoms with Gasteiger partial charge in [0.05, 0.1) is 27.7 Å². The number of nitrogens with zero attached hydrogens (tertiary/aromatic N) is 2. The molecule has 0 bridgehead atoms. The van der Waals surface area contributed by atoms with E-state index in [1.54, 1.807) is 24.5 Å². The summed E-state index contributed by atoms with van der Waals surface area (Å²) in [5.74, 6) is -1.02. The van der Waals surface area contributed by atoms with Crippen LogP contribution >= 0.6 is 0 Å². The van der Waals surface area contributed by atoms with Gasteiger partial charge in [0.25, 0.3) is 0 Å². The smallest absolute Gasteiger partial charge is 0.335 e. The maximum absolute atomic E-state index is 11.7. The highest BCUT2D eigenvalue weighted by molar-refractivity contribution is 7.92. The lowest BCUT2D eigenvalue weighted by atomic mass is 10.2. The first kappa shape index (κ1) is 14.5. The summed E-state index contributed by atoms with van der Waals surface area (Å²) in [7, 11) is -3.21. The quantitative estimate of drug-likeness (QED) is 0.924. The van der Waals surface area contributed by atoms with Gasteiger partial charge in [0.15, 0.2) is 9.84 Å². The highest BCUT2D eigenvalue weighted by Crippen LogP contribution is 2.22. The van der Waals surface area contributed by atoms with Crippen LogP contribution in [-0.2, 0) is 16.4 Å². The van der Waals surface area contributed by atoms with Gasteiger partial charge < -0.3 is 9.67 Å². The van der Waals surface area contributed by atoms with Crippen LogP contribution in [0.1, 0.15) is 24.2 Å². The van der Waals surface area contributed by atoms with Crippen LogP contribution in [0.4, 0.5) is 0 Å². The average Bonchev–Trinajstić information content (AvgIpc) is 2.69. The lowest BCUT2D eigenvalue weighted by molar-refractivity contribution is 0.0697. The molecule has 20 heavy (non-hydrogen) atoms. The molecule has 6 nitrogen and oxygen atoms in total. The van der Waals surface area contributed by atoms with Crippen molar-refractivity contribution in [3.05, 3.63) is 30.1 Å². The van der Waals surface area contributed by atoms with E-state index in [9.17, 15) is 13.2 Å². The van der Waals surface area contributed by atoms with Gasteiger partial charge in [-0.1, -0.05) is 0 Å². The van der Waals surface area contributed by atoms with Crippen molar-refractivity contribution in [3.63, 3.8) is 0 Å². The van der Waals surface area contributed by atoms with Crippen molar-refractivity contribution in [3.8, 4) is 0 Å². The van der Waals surface area contributed by atoms with Crippen molar-refractivity contribution in [2.24, 2.45) is 0 Å². The van der Waals surface area contributed by atoms with Gasteiger partial charge in [-0.3, -0.25) is 0 Å². The number of carboxylic acids is 1. The molecule has 0 unspecified atom stereocenters. The summed E-state index contributed by atoms with van der Waals surface area (Å²) < 4.78 is 24.3. The molecule has 7 heteroatoms. The minimum absolute atomic E-state index is 0.158. The van der Waals surface area contributed by atoms with Gasteiger partial charge in [0.1, 0.15) is 0 Å². The summed E-state index contributed by atoms with van der Waals surface area (Å²) in [5, 5.41) is 8.93. The van der Waals surface area contributed by atoms with Crippen LogP contribution in [0.15, 0.2) is 24.5 Å². The van der Waals surface area contributed by atoms with Crippen LogP contribution in [0.5, 0.6) is 0 Å². The molecular weight excluding hydrogens is 280 g/mol. The molecule has 0 saturated carbocycles. The van der Waals surface area contributed by atoms with E-state index in [0.29, 0.717) is 11.0 Å². The van der Waals surface area contributed by atoms with Gasteiger partial charge >= 0.3 is 5.97 Å². The minimum Gasteiger partial charge on any atom is -0.478 e. The first-order chi connectivity index (χ1) is 9.12. The Balaban J connectivity index is 2.45. The molecule has 108 valence electrons. The highest BCUT2D eigenvalue weighted by Gasteiger charge is 2.31. The topological polar surface area (TPSA) is 89.3 Å². The Morgan fingerprint density at radius 1 is 1.40 bits per heavy atom. The first-order valence-corrected chi connectivity index (χ1v) is 7.89. The van der Waals surface area contributed by atoms with E-state index in [0.717, 1.165) is 0 Å². The average molecular weight is 296 g/mol. The Hall–Kier alpha value is -1.89. The van der Waals surface area contributed by atoms with E-state index in [1.165, 1.54) is 24.7 Å². The van der Waals surface area contributed by atoms with Crippen molar-refractivity contribution < 1.29 is 18.3 Å². The number of hydrogen-bond acceptors (Lipinski definition) is 4. The van der Waals surface area contributed by atoms with E-state index >= 15 is 0 Å². The standard InChI is InChI=1S/C13H16N2O4S/c1-13(2,20(3,18)19)7-15-8-14-10-6-9(12(16)17)4-5-11(10)15/h4-6,8H,7H2,1-3H3,(H,16,17). The van der Waals surface area contributed by atoms with Crippen molar-refractivity contribution in [1.82, 2.24) is 9.55 Å². The lowest BCUT2D eigenvalue weighted by Gasteiger charge is -2.23. The molecule has 0 fully saturated rings. The fourth-order valence-electron chi connectivity index (χ4n) is 1.85. The molecule has 0 aliphatic heterocycles. The van der Waals surface area contributed by atoms with E-state index in [-0.39, 0.29) is 12.1 Å². The van der Waals surface area contributed by atoms with Gasteiger partial charge in [-0.25, -0.2) is 18.2 Å². The normalized spacial score (nSPS) is 12.8. The zero-order chi connectivity index (χ0) is 15.1. The molecule has 0 aliphatic carbocycles. The predicted molar refractivity (Wildman–Crippen MR) is 75.6 cm³/mol. The molecule has 1 aromatic heterocycles. The lowest BCUT2D eigenvalue weighted by Crippen LogP contribution is -2.35. The van der Waals surface area contributed by atoms with Crippen LogP contribution in [0.2, 0.25) is 0 Å². The molecule has 0 atom stereocenters. The Bertz CT molecular complexity index is 775. The molecule has 0 radical (unpaired) electrons. The summed E-state index contributed by atoms with van der Waals surface area (Å²) >= 11 is 0. The number of carboxylic acid groups (broad SMARTS) is 1. The van der Waals surface area contributed by atoms with Crippen LogP contribution in [0.3, 0.4) is 0 Å². The number of carbonyl (C=O) groups is 1.